The number of carbonyl (C=O) groups excluding carboxylic acids is 1. The largest absolute Gasteiger partial charge is 0.497 e. The number of methoxy groups -OCH3 is 2. The first kappa shape index (κ1) is 18.8. The SMILES string of the molecule is COc1ccc(NC(=O)C(C)NS(=O)(=O)c2ccc(OC)cc2)cc1. The lowest BCUT2D eigenvalue weighted by atomic mass is 10.2. The lowest BCUT2D eigenvalue weighted by molar-refractivity contribution is -0.117. The van der Waals surface area contributed by atoms with Crippen LogP contribution in [0.15, 0.2) is 53.4 Å². The van der Waals surface area contributed by atoms with E-state index in [-0.39, 0.29) is 4.90 Å². The van der Waals surface area contributed by atoms with Crippen LogP contribution >= 0.6 is 0 Å². The third-order valence-electron chi connectivity index (χ3n) is 3.45. The van der Waals surface area contributed by atoms with Crippen molar-refractivity contribution in [2.75, 3.05) is 19.5 Å². The summed E-state index contributed by atoms with van der Waals surface area (Å²) in [6.07, 6.45) is 0. The van der Waals surface area contributed by atoms with Crippen molar-refractivity contribution in [3.05, 3.63) is 48.5 Å². The number of rotatable bonds is 7. The zero-order valence-corrected chi connectivity index (χ0v) is 15.0. The molecule has 0 aliphatic rings. The Kier molecular flexibility index (Phi) is 6.00. The van der Waals surface area contributed by atoms with Gasteiger partial charge in [0.25, 0.3) is 0 Å². The molecule has 2 aromatic rings. The van der Waals surface area contributed by atoms with Gasteiger partial charge in [0.2, 0.25) is 15.9 Å². The molecule has 0 saturated heterocycles. The van der Waals surface area contributed by atoms with Gasteiger partial charge < -0.3 is 14.8 Å². The molecular weight excluding hydrogens is 344 g/mol. The van der Waals surface area contributed by atoms with Crippen LogP contribution in [0.1, 0.15) is 6.92 Å². The number of ether oxygens (including phenoxy) is 2. The number of hydrogen-bond acceptors (Lipinski definition) is 5. The molecule has 2 aromatic carbocycles. The van der Waals surface area contributed by atoms with E-state index in [2.05, 4.69) is 10.0 Å². The summed E-state index contributed by atoms with van der Waals surface area (Å²) in [6.45, 7) is 1.47. The molecule has 8 heteroatoms. The summed E-state index contributed by atoms with van der Waals surface area (Å²) in [5, 5.41) is 2.64. The molecule has 2 rings (SSSR count). The molecule has 1 unspecified atom stereocenters. The Morgan fingerprint density at radius 2 is 1.40 bits per heavy atom. The van der Waals surface area contributed by atoms with Gasteiger partial charge in [-0.3, -0.25) is 4.79 Å². The van der Waals surface area contributed by atoms with Crippen molar-refractivity contribution >= 4 is 21.6 Å². The first-order valence-electron chi connectivity index (χ1n) is 7.47. The number of hydrogen-bond donors (Lipinski definition) is 2. The predicted molar refractivity (Wildman–Crippen MR) is 94.4 cm³/mol. The molecule has 0 fully saturated rings. The van der Waals surface area contributed by atoms with Gasteiger partial charge in [0.15, 0.2) is 0 Å². The van der Waals surface area contributed by atoms with E-state index < -0.39 is 22.0 Å². The minimum atomic E-state index is -3.82. The van der Waals surface area contributed by atoms with Gasteiger partial charge in [0.1, 0.15) is 11.5 Å². The van der Waals surface area contributed by atoms with E-state index in [0.29, 0.717) is 17.2 Å². The monoisotopic (exact) mass is 364 g/mol. The van der Waals surface area contributed by atoms with Crippen molar-refractivity contribution in [2.24, 2.45) is 0 Å². The maximum atomic E-state index is 12.3. The Hall–Kier alpha value is -2.58. The summed E-state index contributed by atoms with van der Waals surface area (Å²) in [7, 11) is -0.780. The van der Waals surface area contributed by atoms with Gasteiger partial charge >= 0.3 is 0 Å². The van der Waals surface area contributed by atoms with Crippen molar-refractivity contribution in [3.63, 3.8) is 0 Å². The fraction of sp³-hybridized carbons (Fsp3) is 0.235. The van der Waals surface area contributed by atoms with E-state index in [1.54, 1.807) is 31.4 Å². The van der Waals surface area contributed by atoms with Crippen LogP contribution in [-0.4, -0.2) is 34.6 Å². The van der Waals surface area contributed by atoms with Crippen LogP contribution in [-0.2, 0) is 14.8 Å². The first-order chi connectivity index (χ1) is 11.9. The molecule has 0 radical (unpaired) electrons. The van der Waals surface area contributed by atoms with Crippen LogP contribution < -0.4 is 19.5 Å². The predicted octanol–water partition coefficient (Wildman–Crippen LogP) is 2.01. The van der Waals surface area contributed by atoms with Crippen LogP contribution in [0.25, 0.3) is 0 Å². The normalized spacial score (nSPS) is 12.3. The number of nitrogens with one attached hydrogen (secondary N) is 2. The molecule has 0 spiro atoms. The molecular formula is C17H20N2O5S. The number of benzene rings is 2. The summed E-state index contributed by atoms with van der Waals surface area (Å²) in [5.41, 5.74) is 0.543. The second-order valence-electron chi connectivity index (χ2n) is 5.24. The van der Waals surface area contributed by atoms with Crippen LogP contribution in [0.3, 0.4) is 0 Å². The Morgan fingerprint density at radius 3 is 1.88 bits per heavy atom. The maximum Gasteiger partial charge on any atom is 0.242 e. The molecule has 25 heavy (non-hydrogen) atoms. The quantitative estimate of drug-likeness (QED) is 0.784. The van der Waals surface area contributed by atoms with E-state index in [1.807, 2.05) is 0 Å². The van der Waals surface area contributed by atoms with Gasteiger partial charge in [-0.2, -0.15) is 4.72 Å². The van der Waals surface area contributed by atoms with E-state index in [1.165, 1.54) is 38.3 Å². The molecule has 0 heterocycles. The second kappa shape index (κ2) is 8.00. The zero-order valence-electron chi connectivity index (χ0n) is 14.1. The van der Waals surface area contributed by atoms with Gasteiger partial charge in [-0.05, 0) is 55.5 Å². The fourth-order valence-corrected chi connectivity index (χ4v) is 3.24. The Balaban J connectivity index is 2.03. The average molecular weight is 364 g/mol. The lowest BCUT2D eigenvalue weighted by Gasteiger charge is -2.15. The Morgan fingerprint density at radius 1 is 0.920 bits per heavy atom. The van der Waals surface area contributed by atoms with Gasteiger partial charge in [0, 0.05) is 5.69 Å². The minimum Gasteiger partial charge on any atom is -0.497 e. The van der Waals surface area contributed by atoms with Gasteiger partial charge in [0.05, 0.1) is 25.2 Å². The highest BCUT2D eigenvalue weighted by molar-refractivity contribution is 7.89. The summed E-state index contributed by atoms with van der Waals surface area (Å²) < 4.78 is 37.1. The second-order valence-corrected chi connectivity index (χ2v) is 6.95. The van der Waals surface area contributed by atoms with Crippen LogP contribution in [0.2, 0.25) is 0 Å². The van der Waals surface area contributed by atoms with E-state index in [0.717, 1.165) is 0 Å². The van der Waals surface area contributed by atoms with Crippen molar-refractivity contribution in [1.82, 2.24) is 4.72 Å². The van der Waals surface area contributed by atoms with Gasteiger partial charge in [-0.1, -0.05) is 0 Å². The summed E-state index contributed by atoms with van der Waals surface area (Å²) >= 11 is 0. The molecule has 0 aromatic heterocycles. The van der Waals surface area contributed by atoms with Crippen LogP contribution in [0.4, 0.5) is 5.69 Å². The number of carbonyl (C=O) groups is 1. The molecule has 0 aliphatic carbocycles. The first-order valence-corrected chi connectivity index (χ1v) is 8.95. The molecule has 1 amide bonds. The van der Waals surface area contributed by atoms with E-state index >= 15 is 0 Å². The third-order valence-corrected chi connectivity index (χ3v) is 5.01. The third kappa shape index (κ3) is 4.94. The standard InChI is InChI=1S/C17H20N2O5S/c1-12(17(20)18-13-4-6-14(23-2)7-5-13)19-25(21,22)16-10-8-15(24-3)9-11-16/h4-12,19H,1-3H3,(H,18,20). The molecule has 0 bridgehead atoms. The topological polar surface area (TPSA) is 93.7 Å². The van der Waals surface area contributed by atoms with Crippen molar-refractivity contribution in [1.29, 1.82) is 0 Å². The molecule has 134 valence electrons. The Labute approximate surface area is 147 Å². The van der Waals surface area contributed by atoms with Crippen LogP contribution in [0, 0.1) is 0 Å². The van der Waals surface area contributed by atoms with Gasteiger partial charge in [-0.15, -0.1) is 0 Å². The van der Waals surface area contributed by atoms with E-state index in [9.17, 15) is 13.2 Å². The smallest absolute Gasteiger partial charge is 0.242 e. The fourth-order valence-electron chi connectivity index (χ4n) is 2.03. The average Bonchev–Trinajstić information content (AvgIpc) is 2.62. The minimum absolute atomic E-state index is 0.0531. The molecule has 0 aliphatic heterocycles. The number of amides is 1. The summed E-state index contributed by atoms with van der Waals surface area (Å²) in [5.74, 6) is 0.734. The van der Waals surface area contributed by atoms with Crippen molar-refractivity contribution < 1.29 is 22.7 Å². The summed E-state index contributed by atoms with van der Waals surface area (Å²) in [4.78, 5) is 12.2. The zero-order chi connectivity index (χ0) is 18.4. The Bertz CT molecular complexity index is 817. The van der Waals surface area contributed by atoms with Gasteiger partial charge in [-0.25, -0.2) is 8.42 Å². The maximum absolute atomic E-state index is 12.3. The molecule has 2 N–H and O–H groups in total. The number of sulfonamides is 1. The highest BCUT2D eigenvalue weighted by atomic mass is 32.2. The van der Waals surface area contributed by atoms with Crippen molar-refractivity contribution in [3.8, 4) is 11.5 Å². The highest BCUT2D eigenvalue weighted by Gasteiger charge is 2.22. The number of anilines is 1. The van der Waals surface area contributed by atoms with Crippen LogP contribution in [0.5, 0.6) is 11.5 Å². The highest BCUT2D eigenvalue weighted by Crippen LogP contribution is 2.17. The molecule has 1 atom stereocenters. The molecule has 7 nitrogen and oxygen atoms in total. The lowest BCUT2D eigenvalue weighted by Crippen LogP contribution is -2.41. The van der Waals surface area contributed by atoms with Crippen molar-refractivity contribution in [2.45, 2.75) is 17.9 Å². The molecule has 0 saturated carbocycles. The van der Waals surface area contributed by atoms with E-state index in [4.69, 9.17) is 9.47 Å². The summed E-state index contributed by atoms with van der Waals surface area (Å²) in [6, 6.07) is 11.7.